The summed E-state index contributed by atoms with van der Waals surface area (Å²) in [6.45, 7) is 0.620. The Morgan fingerprint density at radius 1 is 1.17 bits per heavy atom. The highest BCUT2D eigenvalue weighted by Crippen LogP contribution is 2.32. The fourth-order valence-corrected chi connectivity index (χ4v) is 3.21. The van der Waals surface area contributed by atoms with Crippen molar-refractivity contribution in [2.24, 2.45) is 0 Å². The Hall–Kier alpha value is -2.69. The Morgan fingerprint density at radius 2 is 1.96 bits per heavy atom. The van der Waals surface area contributed by atoms with E-state index in [1.807, 2.05) is 24.3 Å². The number of nitrogens with zero attached hydrogens (tertiary/aromatic N) is 2. The van der Waals surface area contributed by atoms with E-state index in [0.29, 0.717) is 6.54 Å². The summed E-state index contributed by atoms with van der Waals surface area (Å²) >= 11 is 0. The molecular weight excluding hydrogens is 293 g/mol. The molecule has 2 aromatic carbocycles. The Bertz CT molecular complexity index is 840. The van der Waals surface area contributed by atoms with Crippen molar-refractivity contribution in [1.82, 2.24) is 14.9 Å². The molecule has 3 aromatic rings. The number of halogens is 1. The van der Waals surface area contributed by atoms with Crippen molar-refractivity contribution in [2.75, 3.05) is 6.54 Å². The smallest absolute Gasteiger partial charge is 0.257 e. The lowest BCUT2D eigenvalue weighted by atomic mass is 10.1. The molecule has 2 heterocycles. The zero-order chi connectivity index (χ0) is 15.8. The second-order valence-electron chi connectivity index (χ2n) is 5.78. The van der Waals surface area contributed by atoms with Crippen LogP contribution in [-0.2, 0) is 0 Å². The van der Waals surface area contributed by atoms with Crippen LogP contribution in [0.3, 0.4) is 0 Å². The molecule has 1 unspecified atom stereocenters. The third-order valence-electron chi connectivity index (χ3n) is 4.34. The predicted molar refractivity (Wildman–Crippen MR) is 85.5 cm³/mol. The average molecular weight is 309 g/mol. The van der Waals surface area contributed by atoms with E-state index in [2.05, 4.69) is 9.97 Å². The molecule has 1 amide bonds. The van der Waals surface area contributed by atoms with Gasteiger partial charge in [0.15, 0.2) is 0 Å². The van der Waals surface area contributed by atoms with E-state index in [9.17, 15) is 9.18 Å². The number of rotatable bonds is 2. The van der Waals surface area contributed by atoms with Crippen LogP contribution in [0.5, 0.6) is 0 Å². The lowest BCUT2D eigenvalue weighted by Gasteiger charge is -2.23. The van der Waals surface area contributed by atoms with Gasteiger partial charge >= 0.3 is 0 Å². The van der Waals surface area contributed by atoms with Gasteiger partial charge in [-0.3, -0.25) is 4.79 Å². The van der Waals surface area contributed by atoms with Crippen molar-refractivity contribution in [2.45, 2.75) is 18.9 Å². The SMILES string of the molecule is O=C(c1ccccc1F)N1CCCC1c1nc2ccccc2[nH]1. The number of nitrogens with one attached hydrogen (secondary N) is 1. The van der Waals surface area contributed by atoms with E-state index in [0.717, 1.165) is 29.7 Å². The van der Waals surface area contributed by atoms with Gasteiger partial charge in [-0.15, -0.1) is 0 Å². The Labute approximate surface area is 133 Å². The maximum Gasteiger partial charge on any atom is 0.257 e. The fourth-order valence-electron chi connectivity index (χ4n) is 3.21. The molecule has 0 saturated carbocycles. The molecular formula is C18H16FN3O. The molecule has 1 N–H and O–H groups in total. The van der Waals surface area contributed by atoms with Crippen LogP contribution in [0.2, 0.25) is 0 Å². The number of hydrogen-bond donors (Lipinski definition) is 1. The molecule has 5 heteroatoms. The number of hydrogen-bond acceptors (Lipinski definition) is 2. The molecule has 1 fully saturated rings. The second kappa shape index (κ2) is 5.50. The normalized spacial score (nSPS) is 17.8. The minimum absolute atomic E-state index is 0.121. The quantitative estimate of drug-likeness (QED) is 0.785. The molecule has 1 aliphatic heterocycles. The summed E-state index contributed by atoms with van der Waals surface area (Å²) in [5.41, 5.74) is 1.95. The number of carbonyl (C=O) groups is 1. The molecule has 0 aliphatic carbocycles. The summed E-state index contributed by atoms with van der Waals surface area (Å²) in [5, 5.41) is 0. The number of benzene rings is 2. The maximum absolute atomic E-state index is 13.9. The zero-order valence-electron chi connectivity index (χ0n) is 12.5. The third kappa shape index (κ3) is 2.38. The van der Waals surface area contributed by atoms with Gasteiger partial charge in [0.1, 0.15) is 11.6 Å². The summed E-state index contributed by atoms with van der Waals surface area (Å²) in [4.78, 5) is 22.3. The first kappa shape index (κ1) is 13.9. The largest absolute Gasteiger partial charge is 0.340 e. The summed E-state index contributed by atoms with van der Waals surface area (Å²) in [6, 6.07) is 13.8. The van der Waals surface area contributed by atoms with Crippen LogP contribution in [0, 0.1) is 5.82 Å². The van der Waals surface area contributed by atoms with Gasteiger partial charge < -0.3 is 9.88 Å². The third-order valence-corrected chi connectivity index (χ3v) is 4.34. The summed E-state index contributed by atoms with van der Waals surface area (Å²) < 4.78 is 13.9. The number of carbonyl (C=O) groups excluding carboxylic acids is 1. The predicted octanol–water partition coefficient (Wildman–Crippen LogP) is 3.68. The van der Waals surface area contributed by atoms with Crippen LogP contribution in [0.15, 0.2) is 48.5 Å². The molecule has 4 nitrogen and oxygen atoms in total. The van der Waals surface area contributed by atoms with Crippen molar-refractivity contribution < 1.29 is 9.18 Å². The van der Waals surface area contributed by atoms with Gasteiger partial charge in [0.2, 0.25) is 0 Å². The first-order valence-electron chi connectivity index (χ1n) is 7.74. The highest BCUT2D eigenvalue weighted by atomic mass is 19.1. The van der Waals surface area contributed by atoms with Gasteiger partial charge in [0, 0.05) is 6.54 Å². The van der Waals surface area contributed by atoms with Crippen LogP contribution < -0.4 is 0 Å². The van der Waals surface area contributed by atoms with Crippen LogP contribution in [0.25, 0.3) is 11.0 Å². The van der Waals surface area contributed by atoms with Crippen molar-refractivity contribution >= 4 is 16.9 Å². The van der Waals surface area contributed by atoms with E-state index in [4.69, 9.17) is 0 Å². The topological polar surface area (TPSA) is 49.0 Å². The molecule has 1 aliphatic rings. The van der Waals surface area contributed by atoms with Gasteiger partial charge in [-0.2, -0.15) is 0 Å². The number of aromatic nitrogens is 2. The molecule has 116 valence electrons. The van der Waals surface area contributed by atoms with Gasteiger partial charge in [-0.25, -0.2) is 9.37 Å². The van der Waals surface area contributed by atoms with Gasteiger partial charge in [0.25, 0.3) is 5.91 Å². The van der Waals surface area contributed by atoms with Crippen LogP contribution in [0.4, 0.5) is 4.39 Å². The Morgan fingerprint density at radius 3 is 2.78 bits per heavy atom. The van der Waals surface area contributed by atoms with Gasteiger partial charge in [-0.1, -0.05) is 24.3 Å². The molecule has 23 heavy (non-hydrogen) atoms. The molecule has 1 saturated heterocycles. The number of para-hydroxylation sites is 2. The molecule has 0 bridgehead atoms. The highest BCUT2D eigenvalue weighted by Gasteiger charge is 2.33. The number of likely N-dealkylation sites (tertiary alicyclic amines) is 1. The first-order chi connectivity index (χ1) is 11.2. The van der Waals surface area contributed by atoms with Crippen molar-refractivity contribution in [3.8, 4) is 0 Å². The lowest BCUT2D eigenvalue weighted by Crippen LogP contribution is -2.31. The number of H-pyrrole nitrogens is 1. The van der Waals surface area contributed by atoms with E-state index < -0.39 is 5.82 Å². The average Bonchev–Trinajstić information content (AvgIpc) is 3.21. The van der Waals surface area contributed by atoms with Gasteiger partial charge in [0.05, 0.1) is 22.6 Å². The lowest BCUT2D eigenvalue weighted by molar-refractivity contribution is 0.0726. The first-order valence-corrected chi connectivity index (χ1v) is 7.74. The molecule has 0 spiro atoms. The number of aromatic amines is 1. The Kier molecular flexibility index (Phi) is 3.33. The number of fused-ring (bicyclic) bond motifs is 1. The zero-order valence-corrected chi connectivity index (χ0v) is 12.5. The van der Waals surface area contributed by atoms with Gasteiger partial charge in [-0.05, 0) is 37.1 Å². The molecule has 4 rings (SSSR count). The maximum atomic E-state index is 13.9. The second-order valence-corrected chi connectivity index (χ2v) is 5.78. The highest BCUT2D eigenvalue weighted by molar-refractivity contribution is 5.95. The minimum Gasteiger partial charge on any atom is -0.340 e. The van der Waals surface area contributed by atoms with Crippen molar-refractivity contribution in [3.05, 3.63) is 65.7 Å². The number of amides is 1. The number of imidazole rings is 1. The molecule has 0 radical (unpaired) electrons. The summed E-state index contributed by atoms with van der Waals surface area (Å²) in [6.07, 6.45) is 1.72. The van der Waals surface area contributed by atoms with Crippen LogP contribution in [0.1, 0.15) is 35.1 Å². The molecule has 1 aromatic heterocycles. The van der Waals surface area contributed by atoms with Crippen molar-refractivity contribution in [3.63, 3.8) is 0 Å². The van der Waals surface area contributed by atoms with E-state index >= 15 is 0 Å². The van der Waals surface area contributed by atoms with E-state index in [-0.39, 0.29) is 17.5 Å². The summed E-state index contributed by atoms with van der Waals surface area (Å²) in [5.74, 6) is 0.0206. The van der Waals surface area contributed by atoms with Crippen LogP contribution >= 0.6 is 0 Å². The fraction of sp³-hybridized carbons (Fsp3) is 0.222. The molecule has 1 atom stereocenters. The van der Waals surface area contributed by atoms with E-state index in [1.165, 1.54) is 12.1 Å². The van der Waals surface area contributed by atoms with E-state index in [1.54, 1.807) is 17.0 Å². The van der Waals surface area contributed by atoms with Crippen molar-refractivity contribution in [1.29, 1.82) is 0 Å². The minimum atomic E-state index is -0.479. The monoisotopic (exact) mass is 309 g/mol. The summed E-state index contributed by atoms with van der Waals surface area (Å²) in [7, 11) is 0. The van der Waals surface area contributed by atoms with Crippen LogP contribution in [-0.4, -0.2) is 27.3 Å². The standard InChI is InChI=1S/C18H16FN3O/c19-13-7-2-1-6-12(13)18(23)22-11-5-10-16(22)17-20-14-8-3-4-9-15(14)21-17/h1-4,6-9,16H,5,10-11H2,(H,20,21). The Balaban J connectivity index is 1.69.